The van der Waals surface area contributed by atoms with Gasteiger partial charge in [-0.05, 0) is 50.5 Å². The summed E-state index contributed by atoms with van der Waals surface area (Å²) in [5, 5.41) is 5.39. The van der Waals surface area contributed by atoms with E-state index in [2.05, 4.69) is 10.6 Å². The number of nitrogens with one attached hydrogen (secondary N) is 2. The molecule has 4 amide bonds. The molecule has 0 radical (unpaired) electrons. The van der Waals surface area contributed by atoms with Crippen LogP contribution < -0.4 is 15.5 Å². The fraction of sp³-hybridized carbons (Fsp3) is 0.423. The van der Waals surface area contributed by atoms with Gasteiger partial charge in [0, 0.05) is 30.9 Å². The largest absolute Gasteiger partial charge is 0.352 e. The SMILES string of the molecule is CCC(C)NC(=O)CN1CN(c2ccccc2)C2(CCN(C(=O)Nc3ccc(F)cc3F)CC2)C1=O. The Kier molecular flexibility index (Phi) is 7.42. The van der Waals surface area contributed by atoms with Gasteiger partial charge in [0.25, 0.3) is 5.91 Å². The first-order valence-electron chi connectivity index (χ1n) is 12.2. The second kappa shape index (κ2) is 10.5. The van der Waals surface area contributed by atoms with E-state index in [9.17, 15) is 23.2 Å². The van der Waals surface area contributed by atoms with Crippen molar-refractivity contribution < 1.29 is 23.2 Å². The Bertz CT molecular complexity index is 1120. The Hall–Kier alpha value is -3.69. The zero-order valence-electron chi connectivity index (χ0n) is 20.5. The van der Waals surface area contributed by atoms with Gasteiger partial charge < -0.3 is 25.3 Å². The number of rotatable bonds is 6. The molecule has 10 heteroatoms. The average molecular weight is 500 g/mol. The fourth-order valence-electron chi connectivity index (χ4n) is 4.78. The van der Waals surface area contributed by atoms with E-state index in [0.717, 1.165) is 18.2 Å². The quantitative estimate of drug-likeness (QED) is 0.637. The number of benzene rings is 2. The summed E-state index contributed by atoms with van der Waals surface area (Å²) >= 11 is 0. The second-order valence-electron chi connectivity index (χ2n) is 9.36. The number of hydrogen-bond donors (Lipinski definition) is 2. The third-order valence-electron chi connectivity index (χ3n) is 6.99. The second-order valence-corrected chi connectivity index (χ2v) is 9.36. The molecule has 0 aromatic heterocycles. The van der Waals surface area contributed by atoms with Gasteiger partial charge in [-0.15, -0.1) is 0 Å². The standard InChI is InChI=1S/C26H31F2N5O3/c1-3-18(2)29-23(34)16-32-17-33(20-7-5-4-6-8-20)26(24(32)35)11-13-31(14-12-26)25(36)30-22-10-9-19(27)15-21(22)28/h4-10,15,18H,3,11-14,16-17H2,1-2H3,(H,29,34)(H,30,36). The van der Waals surface area contributed by atoms with Crippen LogP contribution in [0.15, 0.2) is 48.5 Å². The summed E-state index contributed by atoms with van der Waals surface area (Å²) < 4.78 is 27.2. The lowest BCUT2D eigenvalue weighted by Gasteiger charge is -2.43. The molecule has 2 fully saturated rings. The van der Waals surface area contributed by atoms with Crippen molar-refractivity contribution in [2.75, 3.05) is 36.5 Å². The molecule has 1 spiro atoms. The van der Waals surface area contributed by atoms with E-state index in [4.69, 9.17) is 0 Å². The van der Waals surface area contributed by atoms with Crippen LogP contribution in [0, 0.1) is 11.6 Å². The first-order valence-corrected chi connectivity index (χ1v) is 12.2. The molecule has 1 unspecified atom stereocenters. The number of halogens is 2. The van der Waals surface area contributed by atoms with Crippen molar-refractivity contribution in [2.45, 2.75) is 44.7 Å². The first kappa shape index (κ1) is 25.4. The van der Waals surface area contributed by atoms with Gasteiger partial charge in [-0.2, -0.15) is 0 Å². The highest BCUT2D eigenvalue weighted by atomic mass is 19.1. The Morgan fingerprint density at radius 1 is 1.08 bits per heavy atom. The van der Waals surface area contributed by atoms with Crippen molar-refractivity contribution >= 4 is 29.2 Å². The van der Waals surface area contributed by atoms with Crippen molar-refractivity contribution in [1.29, 1.82) is 0 Å². The van der Waals surface area contributed by atoms with Crippen molar-refractivity contribution in [1.82, 2.24) is 15.1 Å². The van der Waals surface area contributed by atoms with Gasteiger partial charge >= 0.3 is 6.03 Å². The van der Waals surface area contributed by atoms with E-state index in [1.165, 1.54) is 11.0 Å². The average Bonchev–Trinajstić information content (AvgIpc) is 3.12. The smallest absolute Gasteiger partial charge is 0.321 e. The number of hydrogen-bond acceptors (Lipinski definition) is 4. The van der Waals surface area contributed by atoms with Crippen LogP contribution in [0.5, 0.6) is 0 Å². The Morgan fingerprint density at radius 3 is 2.42 bits per heavy atom. The lowest BCUT2D eigenvalue weighted by atomic mass is 9.85. The maximum absolute atomic E-state index is 14.0. The van der Waals surface area contributed by atoms with Crippen LogP contribution >= 0.6 is 0 Å². The van der Waals surface area contributed by atoms with Gasteiger partial charge in [0.1, 0.15) is 23.7 Å². The van der Waals surface area contributed by atoms with Gasteiger partial charge in [0.05, 0.1) is 12.4 Å². The minimum absolute atomic E-state index is 0.0158. The predicted octanol–water partition coefficient (Wildman–Crippen LogP) is 3.55. The fourth-order valence-corrected chi connectivity index (χ4v) is 4.78. The highest BCUT2D eigenvalue weighted by Gasteiger charge is 2.54. The Balaban J connectivity index is 1.49. The molecule has 2 saturated heterocycles. The number of carbonyl (C=O) groups is 3. The molecule has 0 aliphatic carbocycles. The summed E-state index contributed by atoms with van der Waals surface area (Å²) in [7, 11) is 0. The number of carbonyl (C=O) groups excluding carboxylic acids is 3. The van der Waals surface area contributed by atoms with Gasteiger partial charge in [-0.25, -0.2) is 13.6 Å². The third-order valence-corrected chi connectivity index (χ3v) is 6.99. The number of piperidine rings is 1. The van der Waals surface area contributed by atoms with Crippen molar-refractivity contribution in [3.8, 4) is 0 Å². The summed E-state index contributed by atoms with van der Waals surface area (Å²) in [6.07, 6.45) is 1.49. The maximum Gasteiger partial charge on any atom is 0.321 e. The molecule has 2 aromatic rings. The molecule has 4 rings (SSSR count). The Morgan fingerprint density at radius 2 is 1.78 bits per heavy atom. The zero-order valence-corrected chi connectivity index (χ0v) is 20.5. The molecule has 8 nitrogen and oxygen atoms in total. The number of anilines is 2. The van der Waals surface area contributed by atoms with Crippen LogP contribution in [-0.2, 0) is 9.59 Å². The predicted molar refractivity (Wildman–Crippen MR) is 132 cm³/mol. The monoisotopic (exact) mass is 499 g/mol. The molecule has 2 aromatic carbocycles. The van der Waals surface area contributed by atoms with Crippen LogP contribution in [-0.4, -0.2) is 65.5 Å². The maximum atomic E-state index is 14.0. The highest BCUT2D eigenvalue weighted by molar-refractivity contribution is 5.97. The summed E-state index contributed by atoms with van der Waals surface area (Å²) in [6.45, 7) is 4.64. The lowest BCUT2D eigenvalue weighted by Crippen LogP contribution is -2.58. The summed E-state index contributed by atoms with van der Waals surface area (Å²) in [4.78, 5) is 44.1. The van der Waals surface area contributed by atoms with Crippen LogP contribution in [0.3, 0.4) is 0 Å². The van der Waals surface area contributed by atoms with E-state index in [0.29, 0.717) is 18.9 Å². The zero-order chi connectivity index (χ0) is 25.9. The molecule has 192 valence electrons. The van der Waals surface area contributed by atoms with Crippen molar-refractivity contribution in [2.24, 2.45) is 0 Å². The van der Waals surface area contributed by atoms with Crippen LogP contribution in [0.4, 0.5) is 25.0 Å². The van der Waals surface area contributed by atoms with Crippen molar-refractivity contribution in [3.05, 3.63) is 60.2 Å². The molecular weight excluding hydrogens is 468 g/mol. The number of amides is 4. The number of likely N-dealkylation sites (tertiary alicyclic amines) is 1. The number of para-hydroxylation sites is 1. The van der Waals surface area contributed by atoms with Gasteiger partial charge in [0.15, 0.2) is 0 Å². The van der Waals surface area contributed by atoms with Gasteiger partial charge in [-0.1, -0.05) is 25.1 Å². The molecule has 2 N–H and O–H groups in total. The molecule has 0 bridgehead atoms. The summed E-state index contributed by atoms with van der Waals surface area (Å²) in [6, 6.07) is 12.0. The van der Waals surface area contributed by atoms with Crippen molar-refractivity contribution in [3.63, 3.8) is 0 Å². The molecule has 2 aliphatic heterocycles. The highest BCUT2D eigenvalue weighted by Crippen LogP contribution is 2.39. The molecule has 2 heterocycles. The minimum atomic E-state index is -0.893. The lowest BCUT2D eigenvalue weighted by molar-refractivity contribution is -0.137. The van der Waals surface area contributed by atoms with Gasteiger partial charge in [-0.3, -0.25) is 9.59 Å². The van der Waals surface area contributed by atoms with Crippen LogP contribution in [0.2, 0.25) is 0 Å². The molecule has 0 saturated carbocycles. The van der Waals surface area contributed by atoms with E-state index in [1.807, 2.05) is 49.1 Å². The topological polar surface area (TPSA) is 85.0 Å². The van der Waals surface area contributed by atoms with E-state index in [1.54, 1.807) is 4.90 Å². The normalized spacial score (nSPS) is 17.9. The first-order chi connectivity index (χ1) is 17.2. The summed E-state index contributed by atoms with van der Waals surface area (Å²) in [5.41, 5.74) is -0.138. The molecule has 36 heavy (non-hydrogen) atoms. The van der Waals surface area contributed by atoms with E-state index >= 15 is 0 Å². The summed E-state index contributed by atoms with van der Waals surface area (Å²) in [5.74, 6) is -1.94. The third kappa shape index (κ3) is 5.12. The number of urea groups is 1. The van der Waals surface area contributed by atoms with Gasteiger partial charge in [0.2, 0.25) is 5.91 Å². The van der Waals surface area contributed by atoms with Crippen LogP contribution in [0.25, 0.3) is 0 Å². The molecule has 2 aliphatic rings. The Labute approximate surface area is 209 Å². The molecular formula is C26H31F2N5O3. The molecule has 1 atom stereocenters. The van der Waals surface area contributed by atoms with E-state index in [-0.39, 0.29) is 49.8 Å². The van der Waals surface area contributed by atoms with Crippen LogP contribution in [0.1, 0.15) is 33.1 Å². The van der Waals surface area contributed by atoms with E-state index < -0.39 is 23.2 Å². The number of nitrogens with zero attached hydrogens (tertiary/aromatic N) is 3. The minimum Gasteiger partial charge on any atom is -0.352 e.